The van der Waals surface area contributed by atoms with E-state index >= 15 is 0 Å². The normalized spacial score (nSPS) is 12.1. The van der Waals surface area contributed by atoms with Gasteiger partial charge in [-0.2, -0.15) is 0 Å². The second-order valence-electron chi connectivity index (χ2n) is 14.5. The Morgan fingerprint density at radius 3 is 1.59 bits per heavy atom. The Morgan fingerprint density at radius 1 is 0.241 bits per heavy atom. The quantitative estimate of drug-likeness (QED) is 0.164. The standard InChI is InChI=1S/C52H32N2/c1-2-15-36(16-3-1)53-48-24-11-10-23-44(48)46-31-47-51(32-50(46)53)54(49-28-26-33-13-4-5-18-38(33)52(47)49)37-17-12-14-34(29-37)35-25-27-43-41-21-7-6-19-39(41)40-20-8-9-22-42(40)45(43)30-35/h1-32H. The molecule has 2 heteroatoms. The van der Waals surface area contributed by atoms with Crippen LogP contribution in [0.4, 0.5) is 0 Å². The van der Waals surface area contributed by atoms with E-state index in [-0.39, 0.29) is 0 Å². The molecule has 0 saturated carbocycles. The predicted molar refractivity (Wildman–Crippen MR) is 231 cm³/mol. The Kier molecular flexibility index (Phi) is 6.09. The van der Waals surface area contributed by atoms with Crippen molar-refractivity contribution < 1.29 is 0 Å². The van der Waals surface area contributed by atoms with Gasteiger partial charge in [-0.05, 0) is 109 Å². The highest BCUT2D eigenvalue weighted by Crippen LogP contribution is 2.43. The minimum Gasteiger partial charge on any atom is -0.309 e. The molecule has 0 atom stereocenters. The van der Waals surface area contributed by atoms with E-state index in [2.05, 4.69) is 203 Å². The molecule has 2 nitrogen and oxygen atoms in total. The first kappa shape index (κ1) is 29.4. The van der Waals surface area contributed by atoms with Crippen molar-refractivity contribution in [1.82, 2.24) is 9.13 Å². The van der Waals surface area contributed by atoms with Gasteiger partial charge in [-0.1, -0.05) is 140 Å². The number of aromatic nitrogens is 2. The molecule has 0 saturated heterocycles. The molecular formula is C52H32N2. The van der Waals surface area contributed by atoms with Crippen molar-refractivity contribution in [2.75, 3.05) is 0 Å². The first-order chi connectivity index (χ1) is 26.8. The lowest BCUT2D eigenvalue weighted by atomic mass is 9.92. The summed E-state index contributed by atoms with van der Waals surface area (Å²) in [5, 5.41) is 15.3. The summed E-state index contributed by atoms with van der Waals surface area (Å²) in [5.41, 5.74) is 9.54. The molecule has 0 fully saturated rings. The van der Waals surface area contributed by atoms with Gasteiger partial charge in [0.2, 0.25) is 0 Å². The van der Waals surface area contributed by atoms with Crippen LogP contribution in [0.25, 0.3) is 109 Å². The first-order valence-electron chi connectivity index (χ1n) is 18.7. The second kappa shape index (κ2) is 11.2. The third kappa shape index (κ3) is 4.11. The van der Waals surface area contributed by atoms with Crippen molar-refractivity contribution in [3.05, 3.63) is 194 Å². The molecule has 0 aliphatic heterocycles. The van der Waals surface area contributed by atoms with Crippen molar-refractivity contribution in [3.8, 4) is 22.5 Å². The van der Waals surface area contributed by atoms with Crippen molar-refractivity contribution in [2.24, 2.45) is 0 Å². The summed E-state index contributed by atoms with van der Waals surface area (Å²) in [6.45, 7) is 0. The molecule has 0 bridgehead atoms. The van der Waals surface area contributed by atoms with E-state index in [0.717, 1.165) is 11.4 Å². The molecule has 10 aromatic carbocycles. The fourth-order valence-corrected chi connectivity index (χ4v) is 9.29. The van der Waals surface area contributed by atoms with E-state index in [0.29, 0.717) is 0 Å². The Hall–Kier alpha value is -7.16. The average molecular weight is 685 g/mol. The lowest BCUT2D eigenvalue weighted by molar-refractivity contribution is 1.17. The summed E-state index contributed by atoms with van der Waals surface area (Å²) in [4.78, 5) is 0. The van der Waals surface area contributed by atoms with Crippen LogP contribution in [0.2, 0.25) is 0 Å². The van der Waals surface area contributed by atoms with Gasteiger partial charge in [-0.15, -0.1) is 0 Å². The minimum atomic E-state index is 1.15. The third-order valence-electron chi connectivity index (χ3n) is 11.6. The van der Waals surface area contributed by atoms with Gasteiger partial charge in [0, 0.05) is 32.9 Å². The maximum absolute atomic E-state index is 2.48. The lowest BCUT2D eigenvalue weighted by Gasteiger charge is -2.14. The van der Waals surface area contributed by atoms with Crippen LogP contribution >= 0.6 is 0 Å². The molecule has 0 amide bonds. The average Bonchev–Trinajstić information content (AvgIpc) is 3.75. The first-order valence-corrected chi connectivity index (χ1v) is 18.7. The van der Waals surface area contributed by atoms with E-state index in [1.165, 1.54) is 97.8 Å². The Balaban J connectivity index is 1.15. The van der Waals surface area contributed by atoms with E-state index in [4.69, 9.17) is 0 Å². The zero-order chi connectivity index (χ0) is 35.3. The van der Waals surface area contributed by atoms with Gasteiger partial charge in [-0.25, -0.2) is 0 Å². The highest BCUT2D eigenvalue weighted by Gasteiger charge is 2.20. The van der Waals surface area contributed by atoms with Crippen molar-refractivity contribution in [1.29, 1.82) is 0 Å². The van der Waals surface area contributed by atoms with Crippen molar-refractivity contribution >= 4 is 86.7 Å². The molecule has 0 aliphatic rings. The molecule has 54 heavy (non-hydrogen) atoms. The molecule has 0 N–H and O–H groups in total. The van der Waals surface area contributed by atoms with Crippen LogP contribution in [0.3, 0.4) is 0 Å². The molecule has 0 aliphatic carbocycles. The minimum absolute atomic E-state index is 1.15. The SMILES string of the molecule is c1ccc(-n2c3ccccc3c3cc4c5c6ccccc6ccc5n(-c5cccc(-c6ccc7c8ccccc8c8ccccc8c7c6)c5)c4cc32)cc1. The molecular weight excluding hydrogens is 653 g/mol. The number of nitrogens with zero attached hydrogens (tertiary/aromatic N) is 2. The molecule has 12 aromatic rings. The molecule has 2 heterocycles. The number of para-hydroxylation sites is 2. The number of benzene rings is 10. The molecule has 2 aromatic heterocycles. The Labute approximate surface area is 311 Å². The van der Waals surface area contributed by atoms with Gasteiger partial charge < -0.3 is 9.13 Å². The molecule has 0 radical (unpaired) electrons. The fraction of sp³-hybridized carbons (Fsp3) is 0. The van der Waals surface area contributed by atoms with E-state index in [9.17, 15) is 0 Å². The maximum atomic E-state index is 2.48. The molecule has 0 unspecified atom stereocenters. The predicted octanol–water partition coefficient (Wildman–Crippen LogP) is 14.2. The van der Waals surface area contributed by atoms with Crippen LogP contribution in [0, 0.1) is 0 Å². The number of fused-ring (bicyclic) bond motifs is 14. The summed E-state index contributed by atoms with van der Waals surface area (Å²) in [5.74, 6) is 0. The zero-order valence-electron chi connectivity index (χ0n) is 29.4. The van der Waals surface area contributed by atoms with E-state index < -0.39 is 0 Å². The van der Waals surface area contributed by atoms with Crippen molar-refractivity contribution in [2.45, 2.75) is 0 Å². The summed E-state index contributed by atoms with van der Waals surface area (Å²) in [6.07, 6.45) is 0. The monoisotopic (exact) mass is 684 g/mol. The van der Waals surface area contributed by atoms with Gasteiger partial charge in [-0.3, -0.25) is 0 Å². The fourth-order valence-electron chi connectivity index (χ4n) is 9.29. The summed E-state index contributed by atoms with van der Waals surface area (Å²) >= 11 is 0. The highest BCUT2D eigenvalue weighted by atomic mass is 15.0. The number of rotatable bonds is 3. The van der Waals surface area contributed by atoms with Gasteiger partial charge in [0.15, 0.2) is 0 Å². The van der Waals surface area contributed by atoms with Crippen molar-refractivity contribution in [3.63, 3.8) is 0 Å². The molecule has 12 rings (SSSR count). The van der Waals surface area contributed by atoms with Crippen LogP contribution in [0.5, 0.6) is 0 Å². The Morgan fingerprint density at radius 2 is 0.815 bits per heavy atom. The largest absolute Gasteiger partial charge is 0.309 e. The maximum Gasteiger partial charge on any atom is 0.0562 e. The van der Waals surface area contributed by atoms with Gasteiger partial charge in [0.25, 0.3) is 0 Å². The summed E-state index contributed by atoms with van der Waals surface area (Å²) in [7, 11) is 0. The van der Waals surface area contributed by atoms with Crippen LogP contribution in [0.15, 0.2) is 194 Å². The lowest BCUT2D eigenvalue weighted by Crippen LogP contribution is -1.96. The smallest absolute Gasteiger partial charge is 0.0562 e. The van der Waals surface area contributed by atoms with Gasteiger partial charge in [0.05, 0.1) is 22.1 Å². The number of hydrogen-bond donors (Lipinski definition) is 0. The van der Waals surface area contributed by atoms with Gasteiger partial charge in [0.1, 0.15) is 0 Å². The Bertz CT molecular complexity index is 3460. The van der Waals surface area contributed by atoms with E-state index in [1.54, 1.807) is 0 Å². The molecule has 250 valence electrons. The van der Waals surface area contributed by atoms with E-state index in [1.807, 2.05) is 0 Å². The van der Waals surface area contributed by atoms with Crippen LogP contribution in [-0.2, 0) is 0 Å². The number of hydrogen-bond acceptors (Lipinski definition) is 0. The van der Waals surface area contributed by atoms with Crippen LogP contribution < -0.4 is 0 Å². The van der Waals surface area contributed by atoms with Crippen LogP contribution in [-0.4, -0.2) is 9.13 Å². The topological polar surface area (TPSA) is 9.86 Å². The van der Waals surface area contributed by atoms with Gasteiger partial charge >= 0.3 is 0 Å². The highest BCUT2D eigenvalue weighted by molar-refractivity contribution is 6.27. The molecule has 0 spiro atoms. The summed E-state index contributed by atoms with van der Waals surface area (Å²) in [6, 6.07) is 71.5. The third-order valence-corrected chi connectivity index (χ3v) is 11.6. The second-order valence-corrected chi connectivity index (χ2v) is 14.5. The summed E-state index contributed by atoms with van der Waals surface area (Å²) < 4.78 is 4.90. The zero-order valence-corrected chi connectivity index (χ0v) is 29.4. The van der Waals surface area contributed by atoms with Crippen LogP contribution in [0.1, 0.15) is 0 Å².